The van der Waals surface area contributed by atoms with Gasteiger partial charge in [-0.3, -0.25) is 28.9 Å². The van der Waals surface area contributed by atoms with Crippen LogP contribution in [-0.4, -0.2) is 65.5 Å². The lowest BCUT2D eigenvalue weighted by Crippen LogP contribution is -2.46. The van der Waals surface area contributed by atoms with Crippen molar-refractivity contribution in [2.75, 3.05) is 26.2 Å². The SMILES string of the molecule is O=C1CC(c2ccccc2)N(C(=O)CNC(=O)CN2C(=O)CCC2=O)CCCCCN1. The summed E-state index contributed by atoms with van der Waals surface area (Å²) in [6.07, 6.45) is 2.87. The second-order valence-electron chi connectivity index (χ2n) is 7.78. The summed E-state index contributed by atoms with van der Waals surface area (Å²) in [7, 11) is 0. The second-order valence-corrected chi connectivity index (χ2v) is 7.78. The molecular weight excluding hydrogens is 400 g/mol. The Hall–Kier alpha value is -3.23. The maximum atomic E-state index is 13.1. The molecule has 0 bridgehead atoms. The van der Waals surface area contributed by atoms with E-state index in [2.05, 4.69) is 10.6 Å². The third-order valence-corrected chi connectivity index (χ3v) is 5.55. The molecule has 0 aromatic heterocycles. The molecule has 2 saturated heterocycles. The zero-order chi connectivity index (χ0) is 22.2. The molecule has 2 aliphatic heterocycles. The molecule has 1 atom stereocenters. The minimum Gasteiger partial charge on any atom is -0.356 e. The highest BCUT2D eigenvalue weighted by atomic mass is 16.2. The number of rotatable bonds is 5. The highest BCUT2D eigenvalue weighted by Gasteiger charge is 2.31. The highest BCUT2D eigenvalue weighted by Crippen LogP contribution is 2.26. The van der Waals surface area contributed by atoms with Gasteiger partial charge < -0.3 is 15.5 Å². The number of hydrogen-bond acceptors (Lipinski definition) is 5. The van der Waals surface area contributed by atoms with Crippen LogP contribution in [0.1, 0.15) is 50.1 Å². The molecule has 2 aliphatic rings. The summed E-state index contributed by atoms with van der Waals surface area (Å²) in [4.78, 5) is 63.6. The van der Waals surface area contributed by atoms with Crippen molar-refractivity contribution in [1.82, 2.24) is 20.4 Å². The predicted octanol–water partition coefficient (Wildman–Crippen LogP) is 0.512. The number of nitrogens with zero attached hydrogens (tertiary/aromatic N) is 2. The number of hydrogen-bond donors (Lipinski definition) is 2. The normalized spacial score (nSPS) is 20.4. The van der Waals surface area contributed by atoms with Crippen molar-refractivity contribution in [3.8, 4) is 0 Å². The molecule has 1 aromatic rings. The standard InChI is InChI=1S/C22H28N4O5/c27-18-13-17(16-7-3-1-4-8-16)25(12-6-2-5-11-23-18)22(31)14-24-19(28)15-26-20(29)9-10-21(26)30/h1,3-4,7-8,17H,2,5-6,9-15H2,(H,23,27)(H,24,28). The van der Waals surface area contributed by atoms with Gasteiger partial charge in [0, 0.05) is 25.9 Å². The molecule has 0 saturated carbocycles. The van der Waals surface area contributed by atoms with Crippen LogP contribution < -0.4 is 10.6 Å². The van der Waals surface area contributed by atoms with Crippen LogP contribution in [0.5, 0.6) is 0 Å². The van der Waals surface area contributed by atoms with Crippen LogP contribution in [0.4, 0.5) is 0 Å². The van der Waals surface area contributed by atoms with Crippen LogP contribution >= 0.6 is 0 Å². The van der Waals surface area contributed by atoms with Crippen LogP contribution in [0.2, 0.25) is 0 Å². The van der Waals surface area contributed by atoms with Gasteiger partial charge in [-0.2, -0.15) is 0 Å². The Morgan fingerprint density at radius 3 is 2.42 bits per heavy atom. The molecule has 166 valence electrons. The van der Waals surface area contributed by atoms with Gasteiger partial charge in [0.15, 0.2) is 0 Å². The van der Waals surface area contributed by atoms with Crippen LogP contribution in [0, 0.1) is 0 Å². The third-order valence-electron chi connectivity index (χ3n) is 5.55. The molecule has 0 spiro atoms. The molecule has 2 heterocycles. The summed E-state index contributed by atoms with van der Waals surface area (Å²) in [5.74, 6) is -1.75. The minimum atomic E-state index is -0.563. The van der Waals surface area contributed by atoms with Gasteiger partial charge in [0.1, 0.15) is 6.54 Å². The molecule has 2 N–H and O–H groups in total. The van der Waals surface area contributed by atoms with Crippen molar-refractivity contribution in [2.24, 2.45) is 0 Å². The first-order valence-electron chi connectivity index (χ1n) is 10.7. The van der Waals surface area contributed by atoms with Gasteiger partial charge in [-0.1, -0.05) is 30.3 Å². The lowest BCUT2D eigenvalue weighted by molar-refractivity contribution is -0.142. The molecule has 31 heavy (non-hydrogen) atoms. The fourth-order valence-electron chi connectivity index (χ4n) is 3.87. The first kappa shape index (κ1) is 22.5. The van der Waals surface area contributed by atoms with E-state index in [1.807, 2.05) is 30.3 Å². The quantitative estimate of drug-likeness (QED) is 0.663. The predicted molar refractivity (Wildman–Crippen MR) is 111 cm³/mol. The fraction of sp³-hybridized carbons (Fsp3) is 0.500. The van der Waals surface area contributed by atoms with E-state index in [1.54, 1.807) is 4.90 Å². The second kappa shape index (κ2) is 10.7. The number of nitrogens with one attached hydrogen (secondary N) is 2. The summed E-state index contributed by atoms with van der Waals surface area (Å²) >= 11 is 0. The number of likely N-dealkylation sites (tertiary alicyclic amines) is 1. The lowest BCUT2D eigenvalue weighted by atomic mass is 10.00. The van der Waals surface area contributed by atoms with E-state index in [4.69, 9.17) is 0 Å². The maximum Gasteiger partial charge on any atom is 0.242 e. The van der Waals surface area contributed by atoms with Crippen LogP contribution in [0.15, 0.2) is 30.3 Å². The van der Waals surface area contributed by atoms with Crippen molar-refractivity contribution in [1.29, 1.82) is 0 Å². The average Bonchev–Trinajstić information content (AvgIpc) is 3.08. The largest absolute Gasteiger partial charge is 0.356 e. The Kier molecular flexibility index (Phi) is 7.75. The molecule has 5 amide bonds. The van der Waals surface area contributed by atoms with Crippen molar-refractivity contribution >= 4 is 29.5 Å². The Morgan fingerprint density at radius 2 is 1.71 bits per heavy atom. The minimum absolute atomic E-state index is 0.111. The van der Waals surface area contributed by atoms with Crippen molar-refractivity contribution in [3.63, 3.8) is 0 Å². The van der Waals surface area contributed by atoms with Gasteiger partial charge in [-0.15, -0.1) is 0 Å². The lowest BCUT2D eigenvalue weighted by Gasteiger charge is -2.33. The first-order valence-corrected chi connectivity index (χ1v) is 10.7. The molecule has 0 aliphatic carbocycles. The van der Waals surface area contributed by atoms with E-state index in [0.29, 0.717) is 13.1 Å². The van der Waals surface area contributed by atoms with Gasteiger partial charge in [-0.25, -0.2) is 0 Å². The van der Waals surface area contributed by atoms with Crippen LogP contribution in [-0.2, 0) is 24.0 Å². The Labute approximate surface area is 181 Å². The monoisotopic (exact) mass is 428 g/mol. The van der Waals surface area contributed by atoms with E-state index >= 15 is 0 Å². The Bertz CT molecular complexity index is 826. The van der Waals surface area contributed by atoms with Crippen LogP contribution in [0.25, 0.3) is 0 Å². The van der Waals surface area contributed by atoms with Gasteiger partial charge in [0.25, 0.3) is 0 Å². The molecule has 1 aromatic carbocycles. The molecule has 9 nitrogen and oxygen atoms in total. The van der Waals surface area contributed by atoms with E-state index in [0.717, 1.165) is 29.7 Å². The summed E-state index contributed by atoms with van der Waals surface area (Å²) in [6.45, 7) is 0.457. The third kappa shape index (κ3) is 6.13. The van der Waals surface area contributed by atoms with Crippen LogP contribution in [0.3, 0.4) is 0 Å². The number of benzene rings is 1. The number of carbonyl (C=O) groups is 5. The number of imide groups is 1. The molecule has 9 heteroatoms. The Morgan fingerprint density at radius 1 is 1.00 bits per heavy atom. The summed E-state index contributed by atoms with van der Waals surface area (Å²) in [6, 6.07) is 8.92. The average molecular weight is 428 g/mol. The molecule has 0 radical (unpaired) electrons. The zero-order valence-corrected chi connectivity index (χ0v) is 17.5. The first-order chi connectivity index (χ1) is 15.0. The van der Waals surface area contributed by atoms with E-state index in [9.17, 15) is 24.0 Å². The number of amides is 5. The van der Waals surface area contributed by atoms with Gasteiger partial charge in [-0.05, 0) is 24.8 Å². The summed E-state index contributed by atoms with van der Waals surface area (Å²) < 4.78 is 0. The molecular formula is C22H28N4O5. The maximum absolute atomic E-state index is 13.1. The van der Waals surface area contributed by atoms with Gasteiger partial charge in [0.2, 0.25) is 29.5 Å². The smallest absolute Gasteiger partial charge is 0.242 e. The van der Waals surface area contributed by atoms with Gasteiger partial charge in [0.05, 0.1) is 19.0 Å². The van der Waals surface area contributed by atoms with Crippen molar-refractivity contribution in [3.05, 3.63) is 35.9 Å². The number of carbonyl (C=O) groups excluding carboxylic acids is 5. The topological polar surface area (TPSA) is 116 Å². The fourth-order valence-corrected chi connectivity index (χ4v) is 3.87. The molecule has 3 rings (SSSR count). The van der Waals surface area contributed by atoms with Crippen molar-refractivity contribution in [2.45, 2.75) is 44.6 Å². The van der Waals surface area contributed by atoms with Gasteiger partial charge >= 0.3 is 0 Å². The van der Waals surface area contributed by atoms with E-state index < -0.39 is 11.9 Å². The molecule has 1 unspecified atom stereocenters. The highest BCUT2D eigenvalue weighted by molar-refractivity contribution is 6.04. The van der Waals surface area contributed by atoms with E-state index in [1.165, 1.54) is 0 Å². The Balaban J connectivity index is 1.68. The summed E-state index contributed by atoms with van der Waals surface area (Å²) in [5.41, 5.74) is 0.853. The summed E-state index contributed by atoms with van der Waals surface area (Å²) in [5, 5.41) is 5.41. The van der Waals surface area contributed by atoms with Crippen molar-refractivity contribution < 1.29 is 24.0 Å². The zero-order valence-electron chi connectivity index (χ0n) is 17.5. The van der Waals surface area contributed by atoms with E-state index in [-0.39, 0.29) is 56.0 Å². The molecule has 2 fully saturated rings.